The smallest absolute Gasteiger partial charge is 0.215 e. The third-order valence-corrected chi connectivity index (χ3v) is 2.80. The minimum atomic E-state index is 0.0267. The van der Waals surface area contributed by atoms with Crippen molar-refractivity contribution in [1.29, 1.82) is 0 Å². The largest absolute Gasteiger partial charge is 0.378 e. The highest BCUT2D eigenvalue weighted by Gasteiger charge is 2.33. The predicted molar refractivity (Wildman–Crippen MR) is 58.8 cm³/mol. The van der Waals surface area contributed by atoms with Crippen molar-refractivity contribution in [2.24, 2.45) is 5.41 Å². The van der Waals surface area contributed by atoms with E-state index in [9.17, 15) is 4.79 Å². The predicted octanol–water partition coefficient (Wildman–Crippen LogP) is 1.21. The van der Waals surface area contributed by atoms with E-state index in [0.717, 1.165) is 6.42 Å². The van der Waals surface area contributed by atoms with Crippen molar-refractivity contribution in [2.75, 3.05) is 11.1 Å². The Morgan fingerprint density at radius 1 is 1.50 bits per heavy atom. The zero-order valence-corrected chi connectivity index (χ0v) is 9.49. The van der Waals surface area contributed by atoms with E-state index in [0.29, 0.717) is 18.7 Å². The van der Waals surface area contributed by atoms with Crippen molar-refractivity contribution in [3.8, 4) is 0 Å². The van der Waals surface area contributed by atoms with E-state index < -0.39 is 0 Å². The molecule has 1 heterocycles. The number of Topliss-reactive ketones (excluding diaryl/α,β-unsaturated/α-hetero) is 1. The molecule has 0 radical (unpaired) electrons. The van der Waals surface area contributed by atoms with Crippen LogP contribution in [0, 0.1) is 5.41 Å². The second-order valence-corrected chi connectivity index (χ2v) is 5.13. The summed E-state index contributed by atoms with van der Waals surface area (Å²) in [5.74, 6) is 0.926. The summed E-state index contributed by atoms with van der Waals surface area (Å²) in [5.41, 5.74) is 5.57. The quantitative estimate of drug-likeness (QED) is 0.784. The fourth-order valence-corrected chi connectivity index (χ4v) is 2.28. The van der Waals surface area contributed by atoms with Gasteiger partial charge >= 0.3 is 0 Å². The minimum absolute atomic E-state index is 0.0267. The SMILES string of the molecule is CC1(C)CC(=O)C[C@H](Nc2nonc2N)C1. The highest BCUT2D eigenvalue weighted by atomic mass is 16.6. The zero-order valence-electron chi connectivity index (χ0n) is 9.49. The van der Waals surface area contributed by atoms with Crippen LogP contribution in [0.3, 0.4) is 0 Å². The minimum Gasteiger partial charge on any atom is -0.378 e. The molecular weight excluding hydrogens is 208 g/mol. The number of nitrogen functional groups attached to an aromatic ring is 1. The molecule has 6 nitrogen and oxygen atoms in total. The first kappa shape index (κ1) is 10.9. The van der Waals surface area contributed by atoms with E-state index in [4.69, 9.17) is 5.73 Å². The number of anilines is 2. The average Bonchev–Trinajstić information content (AvgIpc) is 2.48. The average molecular weight is 224 g/mol. The molecule has 0 spiro atoms. The summed E-state index contributed by atoms with van der Waals surface area (Å²) in [5, 5.41) is 10.2. The van der Waals surface area contributed by atoms with Gasteiger partial charge in [0.2, 0.25) is 11.6 Å². The number of carbonyl (C=O) groups is 1. The molecule has 16 heavy (non-hydrogen) atoms. The molecule has 6 heteroatoms. The van der Waals surface area contributed by atoms with Crippen LogP contribution < -0.4 is 11.1 Å². The normalized spacial score (nSPS) is 24.4. The molecule has 1 saturated carbocycles. The van der Waals surface area contributed by atoms with Gasteiger partial charge in [-0.3, -0.25) is 4.79 Å². The lowest BCUT2D eigenvalue weighted by molar-refractivity contribution is -0.123. The van der Waals surface area contributed by atoms with Gasteiger partial charge in [0.1, 0.15) is 5.78 Å². The summed E-state index contributed by atoms with van der Waals surface area (Å²) < 4.78 is 4.49. The molecule has 0 amide bonds. The first-order valence-electron chi connectivity index (χ1n) is 5.32. The highest BCUT2D eigenvalue weighted by Crippen LogP contribution is 2.34. The summed E-state index contributed by atoms with van der Waals surface area (Å²) in [6, 6.07) is 0.0606. The molecule has 1 fully saturated rings. The van der Waals surface area contributed by atoms with Crippen LogP contribution in [0.25, 0.3) is 0 Å². The van der Waals surface area contributed by atoms with Crippen LogP contribution in [0.1, 0.15) is 33.1 Å². The molecule has 88 valence electrons. The Balaban J connectivity index is 2.05. The summed E-state index contributed by atoms with van der Waals surface area (Å²) in [7, 11) is 0. The number of hydrogen-bond donors (Lipinski definition) is 2. The van der Waals surface area contributed by atoms with Crippen LogP contribution in [0.15, 0.2) is 4.63 Å². The molecule has 1 aliphatic rings. The fourth-order valence-electron chi connectivity index (χ4n) is 2.28. The number of aromatic nitrogens is 2. The Morgan fingerprint density at radius 3 is 2.81 bits per heavy atom. The van der Waals surface area contributed by atoms with Gasteiger partial charge in [-0.25, -0.2) is 4.63 Å². The number of nitrogens with two attached hydrogens (primary N) is 1. The molecule has 1 aromatic rings. The van der Waals surface area contributed by atoms with Gasteiger partial charge in [0, 0.05) is 18.9 Å². The molecule has 1 aliphatic carbocycles. The molecule has 0 unspecified atom stereocenters. The van der Waals surface area contributed by atoms with Crippen LogP contribution in [0.4, 0.5) is 11.6 Å². The fraction of sp³-hybridized carbons (Fsp3) is 0.700. The molecule has 1 atom stereocenters. The van der Waals surface area contributed by atoms with Gasteiger partial charge in [0.25, 0.3) is 0 Å². The van der Waals surface area contributed by atoms with Gasteiger partial charge in [0.05, 0.1) is 0 Å². The van der Waals surface area contributed by atoms with E-state index in [1.165, 1.54) is 0 Å². The van der Waals surface area contributed by atoms with Crippen molar-refractivity contribution in [1.82, 2.24) is 10.3 Å². The summed E-state index contributed by atoms with van der Waals surface area (Å²) >= 11 is 0. The maximum atomic E-state index is 11.6. The third-order valence-electron chi connectivity index (χ3n) is 2.80. The summed E-state index contributed by atoms with van der Waals surface area (Å²) in [6.45, 7) is 4.17. The Morgan fingerprint density at radius 2 is 2.25 bits per heavy atom. The van der Waals surface area contributed by atoms with Gasteiger partial charge in [-0.1, -0.05) is 13.8 Å². The summed E-state index contributed by atoms with van der Waals surface area (Å²) in [6.07, 6.45) is 2.05. The molecule has 0 bridgehead atoms. The Labute approximate surface area is 93.5 Å². The van der Waals surface area contributed by atoms with Gasteiger partial charge in [0.15, 0.2) is 0 Å². The first-order chi connectivity index (χ1) is 7.46. The number of carbonyl (C=O) groups excluding carboxylic acids is 1. The zero-order chi connectivity index (χ0) is 11.8. The second-order valence-electron chi connectivity index (χ2n) is 5.13. The number of rotatable bonds is 2. The van der Waals surface area contributed by atoms with Crippen molar-refractivity contribution >= 4 is 17.4 Å². The summed E-state index contributed by atoms with van der Waals surface area (Å²) in [4.78, 5) is 11.6. The molecule has 0 saturated heterocycles. The van der Waals surface area contributed by atoms with E-state index in [-0.39, 0.29) is 23.1 Å². The number of ketones is 1. The van der Waals surface area contributed by atoms with Crippen LogP contribution in [0.2, 0.25) is 0 Å². The van der Waals surface area contributed by atoms with E-state index >= 15 is 0 Å². The molecule has 0 aromatic carbocycles. The monoisotopic (exact) mass is 224 g/mol. The van der Waals surface area contributed by atoms with Crippen LogP contribution in [-0.4, -0.2) is 22.1 Å². The van der Waals surface area contributed by atoms with Crippen molar-refractivity contribution in [3.63, 3.8) is 0 Å². The van der Waals surface area contributed by atoms with Gasteiger partial charge in [-0.05, 0) is 22.1 Å². The van der Waals surface area contributed by atoms with E-state index in [1.54, 1.807) is 0 Å². The topological polar surface area (TPSA) is 94.0 Å². The third kappa shape index (κ3) is 2.32. The van der Waals surface area contributed by atoms with Crippen molar-refractivity contribution in [2.45, 2.75) is 39.2 Å². The van der Waals surface area contributed by atoms with Crippen LogP contribution in [-0.2, 0) is 4.79 Å². The Hall–Kier alpha value is -1.59. The van der Waals surface area contributed by atoms with Crippen LogP contribution >= 0.6 is 0 Å². The Bertz CT molecular complexity index is 399. The number of hydrogen-bond acceptors (Lipinski definition) is 6. The molecule has 0 aliphatic heterocycles. The lowest BCUT2D eigenvalue weighted by atomic mass is 9.74. The van der Waals surface area contributed by atoms with Gasteiger partial charge in [-0.15, -0.1) is 0 Å². The standard InChI is InChI=1S/C10H16N4O2/c1-10(2)4-6(3-7(15)5-10)12-9-8(11)13-16-14-9/h6H,3-5H2,1-2H3,(H2,11,13)(H,12,14)/t6-/m0/s1. The van der Waals surface area contributed by atoms with Gasteiger partial charge < -0.3 is 11.1 Å². The molecular formula is C10H16N4O2. The van der Waals surface area contributed by atoms with Crippen LogP contribution in [0.5, 0.6) is 0 Å². The lowest BCUT2D eigenvalue weighted by Gasteiger charge is -2.34. The van der Waals surface area contributed by atoms with Gasteiger partial charge in [-0.2, -0.15) is 0 Å². The molecule has 3 N–H and O–H groups in total. The molecule has 2 rings (SSSR count). The van der Waals surface area contributed by atoms with E-state index in [1.807, 2.05) is 0 Å². The number of nitrogens with one attached hydrogen (secondary N) is 1. The van der Waals surface area contributed by atoms with Crippen molar-refractivity contribution < 1.29 is 9.42 Å². The Kier molecular flexibility index (Phi) is 2.57. The first-order valence-corrected chi connectivity index (χ1v) is 5.32. The number of nitrogens with zero attached hydrogens (tertiary/aromatic N) is 2. The van der Waals surface area contributed by atoms with E-state index in [2.05, 4.69) is 34.1 Å². The lowest BCUT2D eigenvalue weighted by Crippen LogP contribution is -2.36. The van der Waals surface area contributed by atoms with Crippen molar-refractivity contribution in [3.05, 3.63) is 0 Å². The molecule has 1 aromatic heterocycles. The highest BCUT2D eigenvalue weighted by molar-refractivity contribution is 5.81. The maximum absolute atomic E-state index is 11.6. The second kappa shape index (κ2) is 3.77. The maximum Gasteiger partial charge on any atom is 0.215 e.